The highest BCUT2D eigenvalue weighted by Crippen LogP contribution is 2.34. The Balaban J connectivity index is 1.21. The number of carbonyl (C=O) groups excluding carboxylic acids is 2. The zero-order valence-electron chi connectivity index (χ0n) is 18.5. The maximum atomic E-state index is 12.7. The van der Waals surface area contributed by atoms with Gasteiger partial charge in [-0.15, -0.1) is 0 Å². The number of carbonyl (C=O) groups is 2. The van der Waals surface area contributed by atoms with Gasteiger partial charge in [0.2, 0.25) is 11.8 Å². The molecule has 6 nitrogen and oxygen atoms in total. The van der Waals surface area contributed by atoms with Crippen LogP contribution in [-0.2, 0) is 15.3 Å². The smallest absolute Gasteiger partial charge is 0.238 e. The summed E-state index contributed by atoms with van der Waals surface area (Å²) in [6.07, 6.45) is 0. The first-order chi connectivity index (χ1) is 15.5. The second kappa shape index (κ2) is 10.6. The van der Waals surface area contributed by atoms with Crippen molar-refractivity contribution >= 4 is 51.1 Å². The molecule has 2 heterocycles. The van der Waals surface area contributed by atoms with Crippen LogP contribution in [0.4, 0.5) is 11.4 Å². The Morgan fingerprint density at radius 1 is 1.03 bits per heavy atom. The molecule has 0 bridgehead atoms. The Hall–Kier alpha value is -2.29. The predicted octanol–water partition coefficient (Wildman–Crippen LogP) is 4.05. The van der Waals surface area contributed by atoms with Crippen molar-refractivity contribution in [3.05, 3.63) is 59.2 Å². The normalized spacial score (nSPS) is 16.3. The van der Waals surface area contributed by atoms with E-state index in [1.165, 1.54) is 17.3 Å². The van der Waals surface area contributed by atoms with Crippen LogP contribution in [0.3, 0.4) is 0 Å². The summed E-state index contributed by atoms with van der Waals surface area (Å²) in [5, 5.41) is 3.04. The summed E-state index contributed by atoms with van der Waals surface area (Å²) in [7, 11) is 0. The Kier molecular flexibility index (Phi) is 7.55. The number of rotatable bonds is 5. The number of anilines is 1. The van der Waals surface area contributed by atoms with E-state index in [9.17, 15) is 9.59 Å². The van der Waals surface area contributed by atoms with Gasteiger partial charge in [-0.3, -0.25) is 14.5 Å². The molecule has 4 rings (SSSR count). The lowest BCUT2D eigenvalue weighted by Gasteiger charge is -2.34. The molecule has 0 atom stereocenters. The van der Waals surface area contributed by atoms with Crippen LogP contribution in [0, 0.1) is 13.8 Å². The van der Waals surface area contributed by atoms with Gasteiger partial charge in [-0.25, -0.2) is 4.99 Å². The number of aliphatic imine (C=N–C) groups is 1. The standard InChI is InChI=1S/C24H28N4O2S2/c1-17-6-5-7-18(2)23(17)26-21(29)14-27-10-12-28(13-11-27)22(30)16-32-24-25-20-9-4-3-8-19(20)15-31-24/h3-9H,10-16H2,1-2H3,(H,26,29). The van der Waals surface area contributed by atoms with Crippen LogP contribution in [0.25, 0.3) is 0 Å². The highest BCUT2D eigenvalue weighted by Gasteiger charge is 2.23. The number of hydrogen-bond donors (Lipinski definition) is 1. The lowest BCUT2D eigenvalue weighted by atomic mass is 10.1. The van der Waals surface area contributed by atoms with Crippen LogP contribution < -0.4 is 5.32 Å². The molecule has 168 valence electrons. The molecule has 2 aromatic rings. The molecule has 2 aromatic carbocycles. The van der Waals surface area contributed by atoms with Gasteiger partial charge in [0.1, 0.15) is 4.38 Å². The van der Waals surface area contributed by atoms with E-state index in [0.29, 0.717) is 38.5 Å². The first-order valence-corrected chi connectivity index (χ1v) is 12.7. The second-order valence-corrected chi connectivity index (χ2v) is 10.2. The van der Waals surface area contributed by atoms with E-state index < -0.39 is 0 Å². The lowest BCUT2D eigenvalue weighted by Crippen LogP contribution is -2.51. The van der Waals surface area contributed by atoms with E-state index in [0.717, 1.165) is 32.6 Å². The number of hydrogen-bond acceptors (Lipinski definition) is 6. The average molecular weight is 469 g/mol. The minimum atomic E-state index is -0.00894. The number of nitrogens with zero attached hydrogens (tertiary/aromatic N) is 3. The van der Waals surface area contributed by atoms with Crippen molar-refractivity contribution in [2.45, 2.75) is 19.6 Å². The summed E-state index contributed by atoms with van der Waals surface area (Å²) >= 11 is 3.22. The predicted molar refractivity (Wildman–Crippen MR) is 135 cm³/mol. The van der Waals surface area contributed by atoms with Gasteiger partial charge in [-0.05, 0) is 36.6 Å². The molecule has 0 radical (unpaired) electrons. The van der Waals surface area contributed by atoms with Crippen molar-refractivity contribution in [2.24, 2.45) is 4.99 Å². The summed E-state index contributed by atoms with van der Waals surface area (Å²) < 4.78 is 0.957. The number of aryl methyl sites for hydroxylation is 2. The monoisotopic (exact) mass is 468 g/mol. The van der Waals surface area contributed by atoms with Crippen LogP contribution in [0.1, 0.15) is 16.7 Å². The van der Waals surface area contributed by atoms with Crippen LogP contribution in [0.2, 0.25) is 0 Å². The molecule has 0 aromatic heterocycles. The number of amides is 2. The van der Waals surface area contributed by atoms with Crippen LogP contribution >= 0.6 is 23.5 Å². The van der Waals surface area contributed by atoms with Gasteiger partial charge in [0, 0.05) is 37.6 Å². The number of benzene rings is 2. The van der Waals surface area contributed by atoms with Gasteiger partial charge in [0.25, 0.3) is 0 Å². The molecule has 1 N–H and O–H groups in total. The number of para-hydroxylation sites is 2. The van der Waals surface area contributed by atoms with E-state index in [1.807, 2.05) is 55.1 Å². The topological polar surface area (TPSA) is 65.0 Å². The molecule has 0 aliphatic carbocycles. The second-order valence-electron chi connectivity index (χ2n) is 8.06. The molecule has 1 saturated heterocycles. The van der Waals surface area contributed by atoms with Crippen molar-refractivity contribution in [1.29, 1.82) is 0 Å². The van der Waals surface area contributed by atoms with E-state index in [1.54, 1.807) is 11.8 Å². The molecular weight excluding hydrogens is 440 g/mol. The van der Waals surface area contributed by atoms with E-state index in [2.05, 4.69) is 21.3 Å². The van der Waals surface area contributed by atoms with E-state index in [4.69, 9.17) is 0 Å². The fourth-order valence-corrected chi connectivity index (χ4v) is 5.82. The third-order valence-corrected chi connectivity index (χ3v) is 7.94. The molecule has 2 amide bonds. The Bertz CT molecular complexity index is 1010. The van der Waals surface area contributed by atoms with Crippen molar-refractivity contribution in [1.82, 2.24) is 9.80 Å². The Morgan fingerprint density at radius 2 is 1.75 bits per heavy atom. The zero-order chi connectivity index (χ0) is 22.5. The van der Waals surface area contributed by atoms with Crippen molar-refractivity contribution in [3.63, 3.8) is 0 Å². The molecule has 1 fully saturated rings. The van der Waals surface area contributed by atoms with E-state index >= 15 is 0 Å². The number of fused-ring (bicyclic) bond motifs is 1. The van der Waals surface area contributed by atoms with Crippen LogP contribution in [0.15, 0.2) is 47.5 Å². The molecule has 0 unspecified atom stereocenters. The fraction of sp³-hybridized carbons (Fsp3) is 0.375. The molecule has 0 saturated carbocycles. The van der Waals surface area contributed by atoms with Gasteiger partial charge in [0.15, 0.2) is 0 Å². The molecule has 2 aliphatic rings. The highest BCUT2D eigenvalue weighted by molar-refractivity contribution is 8.38. The first-order valence-electron chi connectivity index (χ1n) is 10.8. The van der Waals surface area contributed by atoms with Gasteiger partial charge < -0.3 is 10.2 Å². The van der Waals surface area contributed by atoms with Crippen molar-refractivity contribution in [2.75, 3.05) is 43.8 Å². The van der Waals surface area contributed by atoms with Crippen molar-refractivity contribution in [3.8, 4) is 0 Å². The Morgan fingerprint density at radius 3 is 2.50 bits per heavy atom. The SMILES string of the molecule is Cc1cccc(C)c1NC(=O)CN1CCN(C(=O)CSC2=Nc3ccccc3CS2)CC1. The van der Waals surface area contributed by atoms with Gasteiger partial charge in [-0.2, -0.15) is 0 Å². The Labute approximate surface area is 197 Å². The van der Waals surface area contributed by atoms with Crippen LogP contribution in [-0.4, -0.2) is 64.5 Å². The molecule has 32 heavy (non-hydrogen) atoms. The van der Waals surface area contributed by atoms with Crippen molar-refractivity contribution < 1.29 is 9.59 Å². The summed E-state index contributed by atoms with van der Waals surface area (Å²) in [6, 6.07) is 14.1. The van der Waals surface area contributed by atoms with Crippen LogP contribution in [0.5, 0.6) is 0 Å². The molecular formula is C24H28N4O2S2. The maximum Gasteiger partial charge on any atom is 0.238 e. The molecule has 0 spiro atoms. The minimum Gasteiger partial charge on any atom is -0.339 e. The summed E-state index contributed by atoms with van der Waals surface area (Å²) in [5.41, 5.74) is 5.28. The van der Waals surface area contributed by atoms with E-state index in [-0.39, 0.29) is 11.8 Å². The summed E-state index contributed by atoms with van der Waals surface area (Å²) in [4.78, 5) is 33.9. The quantitative estimate of drug-likeness (QED) is 0.717. The number of piperazine rings is 1. The first kappa shape index (κ1) is 22.9. The number of nitrogens with one attached hydrogen (secondary N) is 1. The fourth-order valence-electron chi connectivity index (χ4n) is 3.85. The average Bonchev–Trinajstić information content (AvgIpc) is 2.80. The van der Waals surface area contributed by atoms with Gasteiger partial charge >= 0.3 is 0 Å². The minimum absolute atomic E-state index is 0.00894. The largest absolute Gasteiger partial charge is 0.339 e. The van der Waals surface area contributed by atoms with Gasteiger partial charge in [0.05, 0.1) is 18.0 Å². The summed E-state index contributed by atoms with van der Waals surface area (Å²) in [6.45, 7) is 7.07. The third-order valence-electron chi connectivity index (χ3n) is 5.71. The van der Waals surface area contributed by atoms with Gasteiger partial charge in [-0.1, -0.05) is 59.9 Å². The zero-order valence-corrected chi connectivity index (χ0v) is 20.1. The third kappa shape index (κ3) is 5.74. The highest BCUT2D eigenvalue weighted by atomic mass is 32.2. The molecule has 8 heteroatoms. The number of thioether (sulfide) groups is 2. The summed E-state index contributed by atoms with van der Waals surface area (Å²) in [5.74, 6) is 1.43. The maximum absolute atomic E-state index is 12.7. The lowest BCUT2D eigenvalue weighted by molar-refractivity contribution is -0.130. The molecule has 2 aliphatic heterocycles.